The second-order valence-corrected chi connectivity index (χ2v) is 5.92. The highest BCUT2D eigenvalue weighted by atomic mass is 19.4. The minimum Gasteiger partial charge on any atom is -0.283 e. The molecule has 5 nitrogen and oxygen atoms in total. The van der Waals surface area contributed by atoms with Crippen LogP contribution in [0.15, 0.2) is 0 Å². The van der Waals surface area contributed by atoms with Crippen molar-refractivity contribution in [1.82, 2.24) is 0 Å². The molecule has 0 heterocycles. The molecule has 0 saturated carbocycles. The van der Waals surface area contributed by atoms with Crippen molar-refractivity contribution in [3.05, 3.63) is 0 Å². The zero-order valence-electron chi connectivity index (χ0n) is 16.1. The van der Waals surface area contributed by atoms with Crippen LogP contribution in [-0.2, 0) is 23.9 Å². The van der Waals surface area contributed by atoms with Crippen LogP contribution in [0.25, 0.3) is 0 Å². The third-order valence-corrected chi connectivity index (χ3v) is 3.28. The van der Waals surface area contributed by atoms with E-state index in [1.165, 1.54) is 9.68 Å². The number of hydrogen-bond donors (Lipinski definition) is 0. The lowest BCUT2D eigenvalue weighted by molar-refractivity contribution is -0.585. The van der Waals surface area contributed by atoms with Crippen LogP contribution in [-0.4, -0.2) is 67.6 Å². The molecule has 0 aliphatic rings. The van der Waals surface area contributed by atoms with Gasteiger partial charge < -0.3 is 0 Å². The van der Waals surface area contributed by atoms with Gasteiger partial charge in [0.05, 0.1) is 0 Å². The molecule has 0 aromatic heterocycles. The van der Waals surface area contributed by atoms with Crippen molar-refractivity contribution in [2.75, 3.05) is 6.86 Å². The first kappa shape index (κ1) is 36.3. The molecule has 0 unspecified atom stereocenters. The maximum Gasteiger partial charge on any atom is 0.521 e. The predicted octanol–water partition coefficient (Wildman–Crippen LogP) is 6.89. The quantitative estimate of drug-likeness (QED) is 0.145. The fourth-order valence-electron chi connectivity index (χ4n) is 1.49. The zero-order chi connectivity index (χ0) is 31.2. The number of halogens is 22. The van der Waals surface area contributed by atoms with Gasteiger partial charge in [0.1, 0.15) is 0 Å². The fourth-order valence-corrected chi connectivity index (χ4v) is 1.49. The normalized spacial score (nSPS) is 16.3. The summed E-state index contributed by atoms with van der Waals surface area (Å²) in [6.07, 6.45) is -53.6. The van der Waals surface area contributed by atoms with E-state index in [2.05, 4.69) is 0 Å². The zero-order valence-corrected chi connectivity index (χ0v) is 16.1. The van der Waals surface area contributed by atoms with Crippen molar-refractivity contribution >= 4 is 0 Å². The number of ether oxygens (including phenoxy) is 4. The standard InChI is InChI=1S/C11H2F22O5/c12-1-34-5(19,20)2(13,14)3(15,16)6(21,22)35-7(23,24)4(17,18)8(25,26)36-9(27,28)10(29,30)37-11(31,32)38-33/h1H2. The second-order valence-electron chi connectivity index (χ2n) is 5.92. The van der Waals surface area contributed by atoms with Crippen molar-refractivity contribution in [1.29, 1.82) is 0 Å². The van der Waals surface area contributed by atoms with E-state index in [-0.39, 0.29) is 0 Å². The molecule has 0 fully saturated rings. The monoisotopic (exact) mass is 632 g/mol. The lowest BCUT2D eigenvalue weighted by Gasteiger charge is -2.39. The van der Waals surface area contributed by atoms with E-state index < -0.39 is 67.6 Å². The van der Waals surface area contributed by atoms with Gasteiger partial charge in [-0.15, -0.1) is 8.78 Å². The molecule has 0 amide bonds. The van der Waals surface area contributed by atoms with E-state index in [0.29, 0.717) is 0 Å². The van der Waals surface area contributed by atoms with Gasteiger partial charge in [0, 0.05) is 0 Å². The number of alkyl halides is 21. The topological polar surface area (TPSA) is 46.2 Å². The van der Waals surface area contributed by atoms with Crippen LogP contribution in [0.3, 0.4) is 0 Å². The SMILES string of the molecule is FCOC(F)(F)C(F)(F)C(F)(F)C(F)(F)OC(F)(F)C(F)(F)C(F)(F)OC(F)(F)C(F)(F)OC(F)(F)OF. The summed E-state index contributed by atoms with van der Waals surface area (Å²) in [5.41, 5.74) is 0. The summed E-state index contributed by atoms with van der Waals surface area (Å²) in [5.74, 6) is -24.6. The molecular formula is C11H2F22O5. The summed E-state index contributed by atoms with van der Waals surface area (Å²) in [4.78, 5) is 1.17. The lowest BCUT2D eigenvalue weighted by atomic mass is 10.1. The summed E-state index contributed by atoms with van der Waals surface area (Å²) in [6, 6.07) is 0. The predicted molar refractivity (Wildman–Crippen MR) is 62.0 cm³/mol. The molecule has 0 saturated heterocycles. The Kier molecular flexibility index (Phi) is 9.56. The van der Waals surface area contributed by atoms with E-state index in [0.717, 1.165) is 9.47 Å². The van der Waals surface area contributed by atoms with Crippen molar-refractivity contribution < 1.29 is 121 Å². The van der Waals surface area contributed by atoms with Crippen LogP contribution in [0.1, 0.15) is 0 Å². The summed E-state index contributed by atoms with van der Waals surface area (Å²) in [7, 11) is 0. The minimum atomic E-state index is -8.44. The molecular weight excluding hydrogens is 630 g/mol. The fraction of sp³-hybridized carbons (Fsp3) is 1.00. The van der Waals surface area contributed by atoms with Crippen LogP contribution in [0, 0.1) is 0 Å². The van der Waals surface area contributed by atoms with Gasteiger partial charge in [-0.1, -0.05) is 4.94 Å². The highest BCUT2D eigenvalue weighted by Crippen LogP contribution is 2.58. The van der Waals surface area contributed by atoms with Gasteiger partial charge in [0.2, 0.25) is 0 Å². The minimum absolute atomic E-state index is 1.06. The van der Waals surface area contributed by atoms with E-state index in [9.17, 15) is 96.7 Å². The summed E-state index contributed by atoms with van der Waals surface area (Å²) in [5, 5.41) is 0. The summed E-state index contributed by atoms with van der Waals surface area (Å²) in [6.45, 7) is -3.20. The molecule has 0 bridgehead atoms. The Labute approximate surface area is 189 Å². The molecule has 27 heteroatoms. The van der Waals surface area contributed by atoms with Crippen LogP contribution >= 0.6 is 0 Å². The maximum absolute atomic E-state index is 13.3. The molecule has 0 aliphatic heterocycles. The molecule has 0 rings (SSSR count). The molecule has 0 atom stereocenters. The van der Waals surface area contributed by atoms with Gasteiger partial charge in [0.15, 0.2) is 6.86 Å². The molecule has 0 aromatic carbocycles. The molecule has 230 valence electrons. The van der Waals surface area contributed by atoms with Gasteiger partial charge in [-0.3, -0.25) is 4.74 Å². The van der Waals surface area contributed by atoms with Crippen molar-refractivity contribution in [2.24, 2.45) is 0 Å². The Morgan fingerprint density at radius 1 is 0.368 bits per heavy atom. The molecule has 0 spiro atoms. The van der Waals surface area contributed by atoms with Gasteiger partial charge in [-0.2, -0.15) is 79.0 Å². The first-order valence-corrected chi connectivity index (χ1v) is 7.62. The van der Waals surface area contributed by atoms with Gasteiger partial charge >= 0.3 is 60.7 Å². The Hall–Kier alpha value is -1.74. The lowest BCUT2D eigenvalue weighted by Crippen LogP contribution is -2.67. The third-order valence-electron chi connectivity index (χ3n) is 3.28. The van der Waals surface area contributed by atoms with Crippen LogP contribution in [0.5, 0.6) is 0 Å². The highest BCUT2D eigenvalue weighted by Gasteiger charge is 2.87. The number of rotatable bonds is 15. The number of hydrogen-bond acceptors (Lipinski definition) is 5. The summed E-state index contributed by atoms with van der Waals surface area (Å²) < 4.78 is 288. The first-order valence-electron chi connectivity index (χ1n) is 7.62. The average molecular weight is 632 g/mol. The average Bonchev–Trinajstić information content (AvgIpc) is 2.64. The van der Waals surface area contributed by atoms with Crippen molar-refractivity contribution in [2.45, 2.75) is 60.7 Å². The van der Waals surface area contributed by atoms with Crippen molar-refractivity contribution in [3.63, 3.8) is 0 Å². The van der Waals surface area contributed by atoms with Crippen LogP contribution < -0.4 is 0 Å². The van der Waals surface area contributed by atoms with E-state index in [4.69, 9.17) is 0 Å². The largest absolute Gasteiger partial charge is 0.521 e. The molecule has 0 aliphatic carbocycles. The Bertz CT molecular complexity index is 810. The van der Waals surface area contributed by atoms with Gasteiger partial charge in [0.25, 0.3) is 0 Å². The first-order chi connectivity index (χ1) is 16.2. The van der Waals surface area contributed by atoms with Crippen molar-refractivity contribution in [3.8, 4) is 0 Å². The third kappa shape index (κ3) is 6.35. The Morgan fingerprint density at radius 3 is 1.00 bits per heavy atom. The van der Waals surface area contributed by atoms with Gasteiger partial charge in [-0.25, -0.2) is 18.6 Å². The van der Waals surface area contributed by atoms with Crippen LogP contribution in [0.2, 0.25) is 0 Å². The Morgan fingerprint density at radius 2 is 0.658 bits per heavy atom. The molecule has 38 heavy (non-hydrogen) atoms. The second kappa shape index (κ2) is 10.0. The van der Waals surface area contributed by atoms with E-state index in [1.807, 2.05) is 4.74 Å². The highest BCUT2D eigenvalue weighted by molar-refractivity contribution is 4.99. The van der Waals surface area contributed by atoms with Gasteiger partial charge in [-0.05, 0) is 4.53 Å². The summed E-state index contributed by atoms with van der Waals surface area (Å²) >= 11 is 0. The molecule has 0 aromatic rings. The van der Waals surface area contributed by atoms with Crippen LogP contribution in [0.4, 0.5) is 96.7 Å². The maximum atomic E-state index is 13.3. The van der Waals surface area contributed by atoms with E-state index >= 15 is 0 Å². The molecule has 0 radical (unpaired) electrons. The Balaban J connectivity index is 6.34. The molecule has 0 N–H and O–H groups in total. The smallest absolute Gasteiger partial charge is 0.283 e. The van der Waals surface area contributed by atoms with E-state index in [1.54, 1.807) is 0 Å².